The van der Waals surface area contributed by atoms with Crippen LogP contribution < -0.4 is 15.1 Å². The van der Waals surface area contributed by atoms with Crippen molar-refractivity contribution in [1.82, 2.24) is 4.98 Å². The second-order valence-electron chi connectivity index (χ2n) is 8.06. The molecule has 1 aliphatic heterocycles. The van der Waals surface area contributed by atoms with E-state index in [0.717, 1.165) is 21.7 Å². The standard InChI is InChI=1S/C26H22N2O4S/c1-5-12-31-18-9-7-17(8-10-18)22-21-23(29)19-13-14(2)6-11-20(19)32-24(21)25(30)28(22)26-27-15(3)16(4)33-26/h5-11,13,22H,1,12H2,2-4H3/t22-/m0/s1. The van der Waals surface area contributed by atoms with Crippen LogP contribution in [-0.2, 0) is 0 Å². The van der Waals surface area contributed by atoms with E-state index in [1.54, 1.807) is 23.1 Å². The monoisotopic (exact) mass is 458 g/mol. The molecule has 7 heteroatoms. The van der Waals surface area contributed by atoms with Crippen molar-refractivity contribution in [1.29, 1.82) is 0 Å². The van der Waals surface area contributed by atoms with Crippen LogP contribution in [0.25, 0.3) is 11.0 Å². The van der Waals surface area contributed by atoms with Gasteiger partial charge in [0, 0.05) is 4.88 Å². The van der Waals surface area contributed by atoms with E-state index in [0.29, 0.717) is 34.0 Å². The second-order valence-corrected chi connectivity index (χ2v) is 9.24. The average Bonchev–Trinajstić information content (AvgIpc) is 3.29. The molecule has 3 heterocycles. The molecule has 0 saturated heterocycles. The lowest BCUT2D eigenvalue weighted by atomic mass is 9.98. The number of anilines is 1. The van der Waals surface area contributed by atoms with Gasteiger partial charge in [-0.05, 0) is 50.6 Å². The molecule has 33 heavy (non-hydrogen) atoms. The van der Waals surface area contributed by atoms with Gasteiger partial charge < -0.3 is 9.15 Å². The van der Waals surface area contributed by atoms with Gasteiger partial charge in [0.25, 0.3) is 5.91 Å². The number of rotatable bonds is 5. The van der Waals surface area contributed by atoms with Crippen molar-refractivity contribution in [2.45, 2.75) is 26.8 Å². The molecule has 2 aromatic heterocycles. The number of aryl methyl sites for hydroxylation is 3. The minimum Gasteiger partial charge on any atom is -0.490 e. The summed E-state index contributed by atoms with van der Waals surface area (Å²) in [4.78, 5) is 34.5. The second kappa shape index (κ2) is 8.01. The van der Waals surface area contributed by atoms with Crippen molar-refractivity contribution < 1.29 is 13.9 Å². The number of carbonyl (C=O) groups excluding carboxylic acids is 1. The van der Waals surface area contributed by atoms with Gasteiger partial charge in [0.1, 0.15) is 17.9 Å². The van der Waals surface area contributed by atoms with E-state index in [9.17, 15) is 9.59 Å². The van der Waals surface area contributed by atoms with E-state index in [1.165, 1.54) is 11.3 Å². The van der Waals surface area contributed by atoms with Gasteiger partial charge in [-0.1, -0.05) is 36.4 Å². The Bertz CT molecular complexity index is 1450. The number of ether oxygens (including phenoxy) is 1. The van der Waals surface area contributed by atoms with E-state index in [1.807, 2.05) is 51.1 Å². The Labute approximate surface area is 194 Å². The number of benzene rings is 2. The summed E-state index contributed by atoms with van der Waals surface area (Å²) in [6.07, 6.45) is 1.67. The SMILES string of the molecule is C=CCOc1ccc([C@H]2c3c(oc4ccc(C)cc4c3=O)C(=O)N2c2nc(C)c(C)s2)cc1. The first-order valence-electron chi connectivity index (χ1n) is 10.6. The third-order valence-electron chi connectivity index (χ3n) is 5.81. The van der Waals surface area contributed by atoms with Crippen LogP contribution in [0, 0.1) is 20.8 Å². The minimum absolute atomic E-state index is 0.0684. The number of aromatic nitrogens is 1. The Balaban J connectivity index is 1.73. The van der Waals surface area contributed by atoms with Crippen molar-refractivity contribution >= 4 is 33.3 Å². The Hall–Kier alpha value is -3.71. The highest BCUT2D eigenvalue weighted by Crippen LogP contribution is 2.43. The third kappa shape index (κ3) is 3.45. The highest BCUT2D eigenvalue weighted by atomic mass is 32.1. The lowest BCUT2D eigenvalue weighted by Crippen LogP contribution is -2.29. The van der Waals surface area contributed by atoms with Crippen molar-refractivity contribution in [3.8, 4) is 5.75 Å². The van der Waals surface area contributed by atoms with E-state index < -0.39 is 6.04 Å². The predicted molar refractivity (Wildman–Crippen MR) is 130 cm³/mol. The molecule has 0 aliphatic carbocycles. The van der Waals surface area contributed by atoms with E-state index >= 15 is 0 Å². The molecular formula is C26H22N2O4S. The highest BCUT2D eigenvalue weighted by Gasteiger charge is 2.45. The highest BCUT2D eigenvalue weighted by molar-refractivity contribution is 7.15. The van der Waals surface area contributed by atoms with E-state index in [2.05, 4.69) is 11.6 Å². The Kier molecular flexibility index (Phi) is 5.13. The summed E-state index contributed by atoms with van der Waals surface area (Å²) in [5.74, 6) is 0.381. The van der Waals surface area contributed by atoms with Crippen LogP contribution in [0.15, 0.2) is 64.3 Å². The van der Waals surface area contributed by atoms with Gasteiger partial charge >= 0.3 is 0 Å². The Morgan fingerprint density at radius 3 is 2.58 bits per heavy atom. The van der Waals surface area contributed by atoms with Gasteiger partial charge in [-0.2, -0.15) is 0 Å². The molecule has 6 nitrogen and oxygen atoms in total. The molecular weight excluding hydrogens is 436 g/mol. The van der Waals surface area contributed by atoms with Gasteiger partial charge in [-0.15, -0.1) is 11.3 Å². The molecule has 0 fully saturated rings. The first-order chi connectivity index (χ1) is 15.9. The summed E-state index contributed by atoms with van der Waals surface area (Å²) in [6.45, 7) is 9.85. The summed E-state index contributed by atoms with van der Waals surface area (Å²) in [5, 5.41) is 1.00. The Morgan fingerprint density at radius 1 is 1.15 bits per heavy atom. The van der Waals surface area contributed by atoms with Crippen LogP contribution >= 0.6 is 11.3 Å². The van der Waals surface area contributed by atoms with Crippen LogP contribution in [0.2, 0.25) is 0 Å². The molecule has 5 rings (SSSR count). The van der Waals surface area contributed by atoms with Crippen molar-refractivity contribution in [2.24, 2.45) is 0 Å². The number of carbonyl (C=O) groups is 1. The smallest absolute Gasteiger partial charge is 0.297 e. The fourth-order valence-electron chi connectivity index (χ4n) is 4.06. The summed E-state index contributed by atoms with van der Waals surface area (Å²) >= 11 is 1.43. The molecule has 0 spiro atoms. The zero-order chi connectivity index (χ0) is 23.3. The lowest BCUT2D eigenvalue weighted by molar-refractivity contribution is 0.0971. The summed E-state index contributed by atoms with van der Waals surface area (Å²) in [6, 6.07) is 12.1. The van der Waals surface area contributed by atoms with Crippen LogP contribution in [0.4, 0.5) is 5.13 Å². The molecule has 1 amide bonds. The fourth-order valence-corrected chi connectivity index (χ4v) is 5.00. The quantitative estimate of drug-likeness (QED) is 0.370. The van der Waals surface area contributed by atoms with Gasteiger partial charge in [0.15, 0.2) is 10.6 Å². The minimum atomic E-state index is -0.646. The number of amides is 1. The maximum atomic E-state index is 13.7. The number of nitrogens with zero attached hydrogens (tertiary/aromatic N) is 2. The molecule has 1 aliphatic rings. The molecule has 0 radical (unpaired) electrons. The van der Waals surface area contributed by atoms with Crippen LogP contribution in [-0.4, -0.2) is 17.5 Å². The molecule has 0 N–H and O–H groups in total. The van der Waals surface area contributed by atoms with Gasteiger partial charge in [0.2, 0.25) is 5.76 Å². The first kappa shape index (κ1) is 21.2. The number of hydrogen-bond donors (Lipinski definition) is 0. The molecule has 0 unspecified atom stereocenters. The maximum absolute atomic E-state index is 13.7. The van der Waals surface area contributed by atoms with Crippen molar-refractivity contribution in [3.63, 3.8) is 0 Å². The van der Waals surface area contributed by atoms with Gasteiger partial charge in [0.05, 0.1) is 22.7 Å². The molecule has 0 saturated carbocycles. The zero-order valence-electron chi connectivity index (χ0n) is 18.5. The summed E-state index contributed by atoms with van der Waals surface area (Å²) in [5.41, 5.74) is 3.11. The molecule has 4 aromatic rings. The summed E-state index contributed by atoms with van der Waals surface area (Å²) < 4.78 is 11.6. The van der Waals surface area contributed by atoms with Crippen LogP contribution in [0.5, 0.6) is 5.75 Å². The molecule has 166 valence electrons. The number of thiazole rings is 1. The molecule has 0 bridgehead atoms. The largest absolute Gasteiger partial charge is 0.490 e. The van der Waals surface area contributed by atoms with E-state index in [4.69, 9.17) is 9.15 Å². The van der Waals surface area contributed by atoms with Crippen LogP contribution in [0.1, 0.15) is 43.9 Å². The van der Waals surface area contributed by atoms with Crippen LogP contribution in [0.3, 0.4) is 0 Å². The third-order valence-corrected chi connectivity index (χ3v) is 6.88. The van der Waals surface area contributed by atoms with E-state index in [-0.39, 0.29) is 17.1 Å². The summed E-state index contributed by atoms with van der Waals surface area (Å²) in [7, 11) is 0. The molecule has 1 atom stereocenters. The fraction of sp³-hybridized carbons (Fsp3) is 0.192. The number of hydrogen-bond acceptors (Lipinski definition) is 6. The van der Waals surface area contributed by atoms with Crippen molar-refractivity contribution in [3.05, 3.63) is 98.4 Å². The normalized spacial score (nSPS) is 15.2. The zero-order valence-corrected chi connectivity index (χ0v) is 19.4. The lowest BCUT2D eigenvalue weighted by Gasteiger charge is -2.22. The predicted octanol–water partition coefficient (Wildman–Crippen LogP) is 5.49. The number of fused-ring (bicyclic) bond motifs is 2. The first-order valence-corrected chi connectivity index (χ1v) is 11.4. The maximum Gasteiger partial charge on any atom is 0.297 e. The van der Waals surface area contributed by atoms with Gasteiger partial charge in [-0.3, -0.25) is 14.5 Å². The Morgan fingerprint density at radius 2 is 1.91 bits per heavy atom. The van der Waals surface area contributed by atoms with Crippen molar-refractivity contribution in [2.75, 3.05) is 11.5 Å². The topological polar surface area (TPSA) is 72.6 Å². The molecule has 2 aromatic carbocycles. The average molecular weight is 459 g/mol. The van der Waals surface area contributed by atoms with Gasteiger partial charge in [-0.25, -0.2) is 4.98 Å².